The lowest BCUT2D eigenvalue weighted by molar-refractivity contribution is 0.508. The van der Waals surface area contributed by atoms with Crippen LogP contribution in [0.1, 0.15) is 5.56 Å². The fraction of sp³-hybridized carbons (Fsp3) is 0.143. The summed E-state index contributed by atoms with van der Waals surface area (Å²) in [7, 11) is 0. The van der Waals surface area contributed by atoms with Gasteiger partial charge < -0.3 is 6.15 Å². The molecule has 0 saturated heterocycles. The van der Waals surface area contributed by atoms with Gasteiger partial charge in [0.05, 0.1) is 0 Å². The summed E-state index contributed by atoms with van der Waals surface area (Å²) in [6, 6.07) is 3.80. The van der Waals surface area contributed by atoms with E-state index in [4.69, 9.17) is 0 Å². The number of aryl methyl sites for hydroxylation is 1. The SMILES string of the molecule is Cc1ccc(F)c(F)c1.N. The summed E-state index contributed by atoms with van der Waals surface area (Å²) in [5.41, 5.74) is 0.730. The Morgan fingerprint density at radius 2 is 1.70 bits per heavy atom. The first-order valence-corrected chi connectivity index (χ1v) is 2.62. The van der Waals surface area contributed by atoms with Crippen molar-refractivity contribution >= 4 is 0 Å². The van der Waals surface area contributed by atoms with E-state index in [1.807, 2.05) is 0 Å². The minimum atomic E-state index is -0.791. The maximum absolute atomic E-state index is 12.2. The first-order chi connectivity index (χ1) is 4.20. The van der Waals surface area contributed by atoms with Crippen LogP contribution >= 0.6 is 0 Å². The van der Waals surface area contributed by atoms with Gasteiger partial charge in [-0.25, -0.2) is 8.78 Å². The highest BCUT2D eigenvalue weighted by molar-refractivity contribution is 5.15. The minimum absolute atomic E-state index is 0. The molecule has 0 aromatic heterocycles. The van der Waals surface area contributed by atoms with Gasteiger partial charge >= 0.3 is 0 Å². The van der Waals surface area contributed by atoms with Gasteiger partial charge in [0, 0.05) is 0 Å². The molecule has 0 radical (unpaired) electrons. The van der Waals surface area contributed by atoms with Gasteiger partial charge in [0.15, 0.2) is 11.6 Å². The van der Waals surface area contributed by atoms with Crippen LogP contribution in [0.3, 0.4) is 0 Å². The number of hydrogen-bond acceptors (Lipinski definition) is 1. The third kappa shape index (κ3) is 1.77. The molecule has 0 aliphatic carbocycles. The molecule has 0 saturated carbocycles. The highest BCUT2D eigenvalue weighted by atomic mass is 19.2. The van der Waals surface area contributed by atoms with Crippen molar-refractivity contribution in [2.45, 2.75) is 6.92 Å². The number of halogens is 2. The maximum Gasteiger partial charge on any atom is 0.159 e. The van der Waals surface area contributed by atoms with Crippen molar-refractivity contribution in [2.24, 2.45) is 0 Å². The first kappa shape index (κ1) is 9.04. The van der Waals surface area contributed by atoms with Crippen LogP contribution in [0.2, 0.25) is 0 Å². The van der Waals surface area contributed by atoms with Crippen LogP contribution in [0, 0.1) is 18.6 Å². The second kappa shape index (κ2) is 3.27. The van der Waals surface area contributed by atoms with E-state index in [1.54, 1.807) is 6.92 Å². The number of benzene rings is 1. The third-order valence-electron chi connectivity index (χ3n) is 1.08. The molecule has 3 N–H and O–H groups in total. The van der Waals surface area contributed by atoms with Crippen LogP contribution in [0.4, 0.5) is 8.78 Å². The van der Waals surface area contributed by atoms with E-state index in [1.165, 1.54) is 6.07 Å². The minimum Gasteiger partial charge on any atom is -0.344 e. The van der Waals surface area contributed by atoms with Crippen molar-refractivity contribution in [3.8, 4) is 0 Å². The molecule has 1 rings (SSSR count). The fourth-order valence-corrected chi connectivity index (χ4v) is 0.601. The second-order valence-corrected chi connectivity index (χ2v) is 1.92. The lowest BCUT2D eigenvalue weighted by atomic mass is 10.2. The zero-order chi connectivity index (χ0) is 6.85. The predicted molar refractivity (Wildman–Crippen MR) is 36.1 cm³/mol. The zero-order valence-electron chi connectivity index (χ0n) is 5.70. The van der Waals surface area contributed by atoms with Gasteiger partial charge in [-0.05, 0) is 24.6 Å². The Bertz CT molecular complexity index is 223. The van der Waals surface area contributed by atoms with Gasteiger partial charge in [-0.2, -0.15) is 0 Å². The molecule has 10 heavy (non-hydrogen) atoms. The molecule has 0 heterocycles. The molecule has 0 atom stereocenters. The molecule has 1 aromatic rings. The van der Waals surface area contributed by atoms with Crippen molar-refractivity contribution in [1.29, 1.82) is 0 Å². The fourth-order valence-electron chi connectivity index (χ4n) is 0.601. The predicted octanol–water partition coefficient (Wildman–Crippen LogP) is 2.44. The van der Waals surface area contributed by atoms with Crippen LogP contribution in [0.15, 0.2) is 18.2 Å². The molecule has 0 aliphatic heterocycles. The van der Waals surface area contributed by atoms with E-state index < -0.39 is 11.6 Å². The van der Waals surface area contributed by atoms with Crippen molar-refractivity contribution in [1.82, 2.24) is 6.15 Å². The topological polar surface area (TPSA) is 35.0 Å². The Balaban J connectivity index is 0.000000810. The van der Waals surface area contributed by atoms with Crippen LogP contribution < -0.4 is 6.15 Å². The molecule has 0 spiro atoms. The Morgan fingerprint density at radius 1 is 1.10 bits per heavy atom. The van der Waals surface area contributed by atoms with Gasteiger partial charge in [0.25, 0.3) is 0 Å². The van der Waals surface area contributed by atoms with Crippen molar-refractivity contribution < 1.29 is 8.78 Å². The summed E-state index contributed by atoms with van der Waals surface area (Å²) in [5.74, 6) is -1.57. The highest BCUT2D eigenvalue weighted by Crippen LogP contribution is 2.06. The van der Waals surface area contributed by atoms with Crippen LogP contribution in [0.5, 0.6) is 0 Å². The molecule has 3 heteroatoms. The van der Waals surface area contributed by atoms with Gasteiger partial charge in [-0.1, -0.05) is 6.07 Å². The standard InChI is InChI=1S/C7H6F2.H3N/c1-5-2-3-6(8)7(9)4-5;/h2-4H,1H3;1H3. The van der Waals surface area contributed by atoms with E-state index in [-0.39, 0.29) is 6.15 Å². The van der Waals surface area contributed by atoms with E-state index in [0.717, 1.165) is 17.7 Å². The molecule has 0 aliphatic rings. The molecular weight excluding hydrogens is 136 g/mol. The maximum atomic E-state index is 12.2. The van der Waals surface area contributed by atoms with E-state index in [2.05, 4.69) is 0 Å². The lowest BCUT2D eigenvalue weighted by Crippen LogP contribution is -1.82. The quantitative estimate of drug-likeness (QED) is 0.597. The van der Waals surface area contributed by atoms with Crippen molar-refractivity contribution in [3.63, 3.8) is 0 Å². The van der Waals surface area contributed by atoms with Gasteiger partial charge in [0.1, 0.15) is 0 Å². The van der Waals surface area contributed by atoms with E-state index in [0.29, 0.717) is 0 Å². The molecule has 0 bridgehead atoms. The average molecular weight is 145 g/mol. The summed E-state index contributed by atoms with van der Waals surface area (Å²) >= 11 is 0. The van der Waals surface area contributed by atoms with E-state index >= 15 is 0 Å². The second-order valence-electron chi connectivity index (χ2n) is 1.92. The summed E-state index contributed by atoms with van der Waals surface area (Å²) < 4.78 is 24.3. The summed E-state index contributed by atoms with van der Waals surface area (Å²) in [5, 5.41) is 0. The number of hydrogen-bond donors (Lipinski definition) is 1. The van der Waals surface area contributed by atoms with E-state index in [9.17, 15) is 8.78 Å². The average Bonchev–Trinajstić information content (AvgIpc) is 1.80. The normalized spacial score (nSPS) is 8.70. The first-order valence-electron chi connectivity index (χ1n) is 2.62. The Labute approximate surface area is 58.3 Å². The molecular formula is C7H9F2N. The monoisotopic (exact) mass is 145 g/mol. The summed E-state index contributed by atoms with van der Waals surface area (Å²) in [6.07, 6.45) is 0. The molecule has 0 amide bonds. The molecule has 0 fully saturated rings. The van der Waals surface area contributed by atoms with Gasteiger partial charge in [-0.15, -0.1) is 0 Å². The van der Waals surface area contributed by atoms with Crippen LogP contribution in [0.25, 0.3) is 0 Å². The Morgan fingerprint density at radius 3 is 2.10 bits per heavy atom. The molecule has 1 nitrogen and oxygen atoms in total. The Hall–Kier alpha value is -0.960. The molecule has 0 unspecified atom stereocenters. The van der Waals surface area contributed by atoms with Crippen LogP contribution in [-0.2, 0) is 0 Å². The zero-order valence-corrected chi connectivity index (χ0v) is 5.70. The largest absolute Gasteiger partial charge is 0.344 e. The van der Waals surface area contributed by atoms with Gasteiger partial charge in [0.2, 0.25) is 0 Å². The van der Waals surface area contributed by atoms with Crippen LogP contribution in [-0.4, -0.2) is 0 Å². The van der Waals surface area contributed by atoms with Crippen molar-refractivity contribution in [3.05, 3.63) is 35.4 Å². The summed E-state index contributed by atoms with van der Waals surface area (Å²) in [4.78, 5) is 0. The highest BCUT2D eigenvalue weighted by Gasteiger charge is 1.97. The molecule has 56 valence electrons. The smallest absolute Gasteiger partial charge is 0.159 e. The summed E-state index contributed by atoms with van der Waals surface area (Å²) in [6.45, 7) is 1.71. The Kier molecular flexibility index (Phi) is 2.96. The third-order valence-corrected chi connectivity index (χ3v) is 1.08. The lowest BCUT2D eigenvalue weighted by Gasteiger charge is -1.91. The van der Waals surface area contributed by atoms with Gasteiger partial charge in [-0.3, -0.25) is 0 Å². The molecule has 1 aromatic carbocycles. The number of rotatable bonds is 0. The van der Waals surface area contributed by atoms with Crippen molar-refractivity contribution in [2.75, 3.05) is 0 Å².